The molecule has 0 amide bonds. The minimum Gasteiger partial charge on any atom is -0.421 e. The lowest BCUT2D eigenvalue weighted by molar-refractivity contribution is -0.672. The number of unbranched alkanes of at least 4 members (excludes halogenated alkanes) is 1. The zero-order chi connectivity index (χ0) is 20.1. The van der Waals surface area contributed by atoms with Crippen molar-refractivity contribution in [3.8, 4) is 0 Å². The summed E-state index contributed by atoms with van der Waals surface area (Å²) in [4.78, 5) is 0. The van der Waals surface area contributed by atoms with Crippen molar-refractivity contribution in [2.75, 3.05) is 0 Å². The average molecular weight is 420 g/mol. The highest BCUT2D eigenvalue weighted by Gasteiger charge is 2.46. The Bertz CT molecular complexity index is 712. The normalized spacial score (nSPS) is 13.3. The monoisotopic (exact) mass is 420 g/mol. The smallest absolute Gasteiger partial charge is 0.421 e. The summed E-state index contributed by atoms with van der Waals surface area (Å²) in [5.41, 5.74) is -12.4. The molecule has 16 heteroatoms. The fourth-order valence-electron chi connectivity index (χ4n) is 1.07. The first-order chi connectivity index (χ1) is 11.0. The highest BCUT2D eigenvalue weighted by Crippen LogP contribution is 2.36. The highest BCUT2D eigenvalue weighted by atomic mass is 32.3. The van der Waals surface area contributed by atoms with E-state index in [4.69, 9.17) is 0 Å². The third-order valence-electron chi connectivity index (χ3n) is 2.22. The van der Waals surface area contributed by atoms with Gasteiger partial charge in [-0.05, 0) is 6.42 Å². The molecular weight excluding hydrogens is 406 g/mol. The molecule has 0 saturated heterocycles. The third-order valence-corrected chi connectivity index (χ3v) is 4.96. The van der Waals surface area contributed by atoms with E-state index in [1.165, 1.54) is 12.8 Å². The zero-order valence-electron chi connectivity index (χ0n) is 12.8. The quantitative estimate of drug-likeness (QED) is 0.531. The summed E-state index contributed by atoms with van der Waals surface area (Å²) >= 11 is 0. The predicted octanol–water partition coefficient (Wildman–Crippen LogP) is 1.57. The van der Waals surface area contributed by atoms with E-state index < -0.39 is 31.1 Å². The van der Waals surface area contributed by atoms with Gasteiger partial charge in [0.1, 0.15) is 6.54 Å². The molecule has 1 rings (SSSR count). The number of aryl methyl sites for hydroxylation is 2. The first-order valence-electron chi connectivity index (χ1n) is 6.28. The third kappa shape index (κ3) is 7.55. The van der Waals surface area contributed by atoms with Gasteiger partial charge in [0.2, 0.25) is 6.33 Å². The fraction of sp³-hybridized carbons (Fsp3) is 0.778. The molecular formula is C9H14F6N4O4S2. The minimum atomic E-state index is -6.72. The summed E-state index contributed by atoms with van der Waals surface area (Å²) in [6.45, 7) is 3.22. The standard InChI is InChI=1S/C7H14N3.C2F6NO4S2/c1-3-4-5-10-7-9(2)6-8-10;3-1(4,5)14(10,11)9-15(12,13)2(6,7)8/h6-7H,3-5H2,1-2H3;/q+1;-1. The molecule has 8 nitrogen and oxygen atoms in total. The summed E-state index contributed by atoms with van der Waals surface area (Å²) in [6, 6.07) is 0. The lowest BCUT2D eigenvalue weighted by Gasteiger charge is -2.22. The maximum absolute atomic E-state index is 11.4. The average Bonchev–Trinajstić information content (AvgIpc) is 2.79. The van der Waals surface area contributed by atoms with Crippen LogP contribution in [0.2, 0.25) is 0 Å². The molecule has 0 fully saturated rings. The van der Waals surface area contributed by atoms with Gasteiger partial charge in [-0.2, -0.15) is 26.3 Å². The summed E-state index contributed by atoms with van der Waals surface area (Å²) in [7, 11) is -11.5. The van der Waals surface area contributed by atoms with Gasteiger partial charge in [0, 0.05) is 5.10 Å². The molecule has 1 aromatic heterocycles. The molecule has 0 radical (unpaired) electrons. The van der Waals surface area contributed by atoms with Gasteiger partial charge in [-0.25, -0.2) is 21.4 Å². The maximum atomic E-state index is 11.4. The second kappa shape index (κ2) is 8.31. The van der Waals surface area contributed by atoms with Crippen LogP contribution in [0.5, 0.6) is 0 Å². The first-order valence-corrected chi connectivity index (χ1v) is 9.16. The van der Waals surface area contributed by atoms with Crippen LogP contribution < -0.4 is 4.57 Å². The van der Waals surface area contributed by atoms with E-state index in [2.05, 4.69) is 12.0 Å². The van der Waals surface area contributed by atoms with E-state index in [1.807, 2.05) is 29.0 Å². The van der Waals surface area contributed by atoms with Crippen molar-refractivity contribution in [3.05, 3.63) is 16.8 Å². The van der Waals surface area contributed by atoms with E-state index in [-0.39, 0.29) is 0 Å². The Morgan fingerprint density at radius 2 is 1.48 bits per heavy atom. The van der Waals surface area contributed by atoms with Gasteiger partial charge in [-0.3, -0.25) is 0 Å². The first kappa shape index (κ1) is 23.6. The van der Waals surface area contributed by atoms with Crippen molar-refractivity contribution in [1.29, 1.82) is 0 Å². The minimum absolute atomic E-state index is 0.778. The molecule has 0 aromatic carbocycles. The number of hydrogen-bond donors (Lipinski definition) is 0. The Kier molecular flexibility index (Phi) is 7.83. The second-order valence-electron chi connectivity index (χ2n) is 4.44. The number of alkyl halides is 6. The Morgan fingerprint density at radius 3 is 1.76 bits per heavy atom. The van der Waals surface area contributed by atoms with Gasteiger partial charge in [0.15, 0.2) is 20.0 Å². The molecule has 0 bridgehead atoms. The Labute approximate surface area is 139 Å². The van der Waals surface area contributed by atoms with Crippen LogP contribution in [0.15, 0.2) is 12.7 Å². The van der Waals surface area contributed by atoms with Crippen LogP contribution in [0.25, 0.3) is 4.13 Å². The van der Waals surface area contributed by atoms with Crippen LogP contribution in [0.4, 0.5) is 26.3 Å². The van der Waals surface area contributed by atoms with Crippen LogP contribution in [0.3, 0.4) is 0 Å². The molecule has 0 aliphatic carbocycles. The van der Waals surface area contributed by atoms with Crippen molar-refractivity contribution < 1.29 is 47.7 Å². The van der Waals surface area contributed by atoms with Gasteiger partial charge in [-0.15, -0.1) is 4.68 Å². The number of halogens is 6. The number of aromatic nitrogens is 3. The molecule has 148 valence electrons. The lowest BCUT2D eigenvalue weighted by atomic mass is 10.3. The van der Waals surface area contributed by atoms with Crippen LogP contribution in [-0.4, -0.2) is 37.6 Å². The number of rotatable bonds is 5. The molecule has 1 heterocycles. The van der Waals surface area contributed by atoms with Gasteiger partial charge in [0.25, 0.3) is 6.33 Å². The van der Waals surface area contributed by atoms with Crippen LogP contribution >= 0.6 is 0 Å². The van der Waals surface area contributed by atoms with E-state index in [9.17, 15) is 43.2 Å². The van der Waals surface area contributed by atoms with Crippen molar-refractivity contribution in [2.24, 2.45) is 7.05 Å². The molecule has 0 unspecified atom stereocenters. The molecule has 1 aromatic rings. The van der Waals surface area contributed by atoms with Crippen LogP contribution in [-0.2, 0) is 33.6 Å². The molecule has 0 aliphatic heterocycles. The van der Waals surface area contributed by atoms with E-state index in [0.717, 1.165) is 10.7 Å². The number of sulfonamides is 2. The predicted molar refractivity (Wildman–Crippen MR) is 71.6 cm³/mol. The molecule has 0 spiro atoms. The summed E-state index contributed by atoms with van der Waals surface area (Å²) in [6.07, 6.45) is 6.25. The van der Waals surface area contributed by atoms with Gasteiger partial charge in [0.05, 0.1) is 7.05 Å². The molecule has 0 saturated carbocycles. The largest absolute Gasteiger partial charge is 0.480 e. The van der Waals surface area contributed by atoms with Crippen molar-refractivity contribution >= 4 is 20.0 Å². The number of nitrogens with zero attached hydrogens (tertiary/aromatic N) is 4. The maximum Gasteiger partial charge on any atom is 0.480 e. The molecule has 0 N–H and O–H groups in total. The summed E-state index contributed by atoms with van der Waals surface area (Å²) in [5, 5.41) is 4.13. The van der Waals surface area contributed by atoms with Crippen LogP contribution in [0.1, 0.15) is 19.8 Å². The second-order valence-corrected chi connectivity index (χ2v) is 7.87. The van der Waals surface area contributed by atoms with Crippen LogP contribution in [0, 0.1) is 0 Å². The summed E-state index contributed by atoms with van der Waals surface area (Å²) < 4.78 is 113. The topological polar surface area (TPSA) is 104 Å². The van der Waals surface area contributed by atoms with Gasteiger partial charge < -0.3 is 4.13 Å². The number of hydrogen-bond acceptors (Lipinski definition) is 5. The van der Waals surface area contributed by atoms with E-state index in [1.54, 1.807) is 0 Å². The fourth-order valence-corrected chi connectivity index (χ4v) is 2.78. The van der Waals surface area contributed by atoms with Crippen molar-refractivity contribution in [3.63, 3.8) is 0 Å². The van der Waals surface area contributed by atoms with E-state index in [0.29, 0.717) is 0 Å². The SMILES string of the molecule is CCCCn1c[n+](C)cn1.O=S(=O)([N-]S(=O)(=O)C(F)(F)F)C(F)(F)F. The van der Waals surface area contributed by atoms with Gasteiger partial charge >= 0.3 is 11.0 Å². The van der Waals surface area contributed by atoms with Crippen molar-refractivity contribution in [1.82, 2.24) is 9.78 Å². The Morgan fingerprint density at radius 1 is 1.04 bits per heavy atom. The Hall–Kier alpha value is -1.42. The zero-order valence-corrected chi connectivity index (χ0v) is 14.4. The summed E-state index contributed by atoms with van der Waals surface area (Å²) in [5.74, 6) is 0. The molecule has 0 aliphatic rings. The molecule has 25 heavy (non-hydrogen) atoms. The van der Waals surface area contributed by atoms with E-state index >= 15 is 0 Å². The van der Waals surface area contributed by atoms with Gasteiger partial charge in [-0.1, -0.05) is 13.3 Å². The lowest BCUT2D eigenvalue weighted by Crippen LogP contribution is -2.30. The van der Waals surface area contributed by atoms with Crippen molar-refractivity contribution in [2.45, 2.75) is 37.3 Å². The molecule has 0 atom stereocenters. The Balaban J connectivity index is 0.000000496. The highest BCUT2D eigenvalue weighted by molar-refractivity contribution is 8.13.